The van der Waals surface area contributed by atoms with Gasteiger partial charge in [0.25, 0.3) is 5.91 Å². The van der Waals surface area contributed by atoms with Crippen LogP contribution in [0.5, 0.6) is 0 Å². The highest BCUT2D eigenvalue weighted by Gasteiger charge is 2.42. The number of fused-ring (bicyclic) bond motifs is 2. The molecule has 0 spiro atoms. The molecule has 0 aliphatic heterocycles. The first-order chi connectivity index (χ1) is 10.2. The van der Waals surface area contributed by atoms with Crippen molar-refractivity contribution in [2.75, 3.05) is 6.61 Å². The summed E-state index contributed by atoms with van der Waals surface area (Å²) in [5, 5.41) is 8.86. The highest BCUT2D eigenvalue weighted by atomic mass is 32.1. The van der Waals surface area contributed by atoms with Gasteiger partial charge in [-0.1, -0.05) is 17.6 Å². The molecule has 4 nitrogen and oxygen atoms in total. The Kier molecular flexibility index (Phi) is 4.58. The molecule has 0 aromatic carbocycles. The third-order valence-electron chi connectivity index (χ3n) is 4.82. The number of nitrogens with zero attached hydrogens (tertiary/aromatic N) is 1. The SMILES string of the molecule is CC(NC(=O)CO/N=C/c1cccs1)C1CC2CCC1C2. The van der Waals surface area contributed by atoms with E-state index in [4.69, 9.17) is 4.84 Å². The molecule has 21 heavy (non-hydrogen) atoms. The van der Waals surface area contributed by atoms with Crippen molar-refractivity contribution in [2.45, 2.75) is 38.6 Å². The molecule has 1 amide bonds. The molecule has 2 bridgehead atoms. The molecule has 4 unspecified atom stereocenters. The summed E-state index contributed by atoms with van der Waals surface area (Å²) in [5.41, 5.74) is 0. The molecule has 3 rings (SSSR count). The van der Waals surface area contributed by atoms with Crippen LogP contribution in [-0.2, 0) is 9.63 Å². The van der Waals surface area contributed by atoms with E-state index in [1.54, 1.807) is 17.6 Å². The molecule has 114 valence electrons. The van der Waals surface area contributed by atoms with Gasteiger partial charge in [-0.3, -0.25) is 4.79 Å². The van der Waals surface area contributed by atoms with E-state index in [1.165, 1.54) is 25.7 Å². The minimum absolute atomic E-state index is 0.00691. The molecule has 1 aromatic rings. The number of nitrogens with one attached hydrogen (secondary N) is 1. The number of amides is 1. The smallest absolute Gasteiger partial charge is 0.260 e. The standard InChI is InChI=1S/C16H22N2O2S/c1-11(15-8-12-4-5-13(15)7-12)18-16(19)10-20-17-9-14-3-2-6-21-14/h2-3,6,9,11-13,15H,4-5,7-8,10H2,1H3,(H,18,19)/b17-9+. The van der Waals surface area contributed by atoms with Crippen molar-refractivity contribution in [1.82, 2.24) is 5.32 Å². The van der Waals surface area contributed by atoms with E-state index in [1.807, 2.05) is 17.5 Å². The second-order valence-corrected chi connectivity index (χ2v) is 7.20. The van der Waals surface area contributed by atoms with Gasteiger partial charge in [0.2, 0.25) is 0 Å². The fourth-order valence-corrected chi connectivity index (χ4v) is 4.43. The first-order valence-corrected chi connectivity index (χ1v) is 8.58. The van der Waals surface area contributed by atoms with E-state index in [9.17, 15) is 4.79 Å². The summed E-state index contributed by atoms with van der Waals surface area (Å²) in [6.07, 6.45) is 7.02. The molecule has 1 N–H and O–H groups in total. The lowest BCUT2D eigenvalue weighted by molar-refractivity contribution is -0.126. The van der Waals surface area contributed by atoms with Gasteiger partial charge in [0, 0.05) is 10.9 Å². The Bertz CT molecular complexity index is 500. The van der Waals surface area contributed by atoms with Gasteiger partial charge in [0.15, 0.2) is 6.61 Å². The highest BCUT2D eigenvalue weighted by molar-refractivity contribution is 7.11. The number of hydrogen-bond donors (Lipinski definition) is 1. The van der Waals surface area contributed by atoms with Gasteiger partial charge in [-0.15, -0.1) is 11.3 Å². The lowest BCUT2D eigenvalue weighted by Crippen LogP contribution is -2.41. The summed E-state index contributed by atoms with van der Waals surface area (Å²) >= 11 is 1.59. The zero-order chi connectivity index (χ0) is 14.7. The third-order valence-corrected chi connectivity index (χ3v) is 5.62. The molecule has 2 aliphatic rings. The van der Waals surface area contributed by atoms with Gasteiger partial charge in [-0.05, 0) is 55.4 Å². The van der Waals surface area contributed by atoms with E-state index in [0.717, 1.165) is 16.7 Å². The normalized spacial score (nSPS) is 28.9. The zero-order valence-electron chi connectivity index (χ0n) is 12.3. The largest absolute Gasteiger partial charge is 0.386 e. The Morgan fingerprint density at radius 3 is 3.14 bits per heavy atom. The Hall–Kier alpha value is -1.36. The second-order valence-electron chi connectivity index (χ2n) is 6.22. The van der Waals surface area contributed by atoms with E-state index in [2.05, 4.69) is 17.4 Å². The predicted octanol–water partition coefficient (Wildman–Crippen LogP) is 3.04. The maximum atomic E-state index is 11.9. The molecule has 0 saturated heterocycles. The van der Waals surface area contributed by atoms with Crippen molar-refractivity contribution < 1.29 is 9.63 Å². The van der Waals surface area contributed by atoms with Crippen molar-refractivity contribution in [1.29, 1.82) is 0 Å². The minimum Gasteiger partial charge on any atom is -0.386 e. The van der Waals surface area contributed by atoms with Crippen LogP contribution >= 0.6 is 11.3 Å². The number of oxime groups is 1. The Morgan fingerprint density at radius 1 is 1.57 bits per heavy atom. The van der Waals surface area contributed by atoms with E-state index < -0.39 is 0 Å². The van der Waals surface area contributed by atoms with E-state index in [-0.39, 0.29) is 18.6 Å². The molecule has 1 heterocycles. The van der Waals surface area contributed by atoms with Crippen molar-refractivity contribution in [3.63, 3.8) is 0 Å². The predicted molar refractivity (Wildman–Crippen MR) is 84.4 cm³/mol. The topological polar surface area (TPSA) is 50.7 Å². The van der Waals surface area contributed by atoms with Gasteiger partial charge in [-0.25, -0.2) is 0 Å². The minimum atomic E-state index is -0.0754. The summed E-state index contributed by atoms with van der Waals surface area (Å²) in [5.74, 6) is 2.31. The van der Waals surface area contributed by atoms with Crippen LogP contribution in [0.15, 0.2) is 22.7 Å². The maximum Gasteiger partial charge on any atom is 0.260 e. The van der Waals surface area contributed by atoms with Crippen molar-refractivity contribution in [3.05, 3.63) is 22.4 Å². The summed E-state index contributed by atoms with van der Waals surface area (Å²) in [6.45, 7) is 2.12. The molecule has 2 saturated carbocycles. The van der Waals surface area contributed by atoms with Gasteiger partial charge in [-0.2, -0.15) is 0 Å². The van der Waals surface area contributed by atoms with Crippen LogP contribution in [0.4, 0.5) is 0 Å². The number of carbonyl (C=O) groups is 1. The molecule has 0 radical (unpaired) electrons. The van der Waals surface area contributed by atoms with Crippen molar-refractivity contribution in [2.24, 2.45) is 22.9 Å². The molecule has 2 aliphatic carbocycles. The average molecular weight is 306 g/mol. The maximum absolute atomic E-state index is 11.9. The third kappa shape index (κ3) is 3.64. The molecule has 2 fully saturated rings. The fraction of sp³-hybridized carbons (Fsp3) is 0.625. The Labute approximate surface area is 129 Å². The second kappa shape index (κ2) is 6.60. The molecule has 4 atom stereocenters. The quantitative estimate of drug-likeness (QED) is 0.649. The number of hydrogen-bond acceptors (Lipinski definition) is 4. The van der Waals surface area contributed by atoms with E-state index in [0.29, 0.717) is 5.92 Å². The van der Waals surface area contributed by atoms with E-state index >= 15 is 0 Å². The molecular weight excluding hydrogens is 284 g/mol. The van der Waals surface area contributed by atoms with Crippen LogP contribution in [0.1, 0.15) is 37.5 Å². The zero-order valence-corrected chi connectivity index (χ0v) is 13.1. The molecule has 1 aromatic heterocycles. The fourth-order valence-electron chi connectivity index (χ4n) is 3.86. The average Bonchev–Trinajstić information content (AvgIpc) is 3.20. The Morgan fingerprint density at radius 2 is 2.48 bits per heavy atom. The van der Waals surface area contributed by atoms with Gasteiger partial charge in [0.05, 0.1) is 6.21 Å². The number of carbonyl (C=O) groups excluding carboxylic acids is 1. The molecule has 5 heteroatoms. The van der Waals surface area contributed by atoms with Crippen LogP contribution in [0.2, 0.25) is 0 Å². The number of rotatable bonds is 6. The van der Waals surface area contributed by atoms with Gasteiger partial charge < -0.3 is 10.2 Å². The van der Waals surface area contributed by atoms with Crippen molar-refractivity contribution >= 4 is 23.5 Å². The monoisotopic (exact) mass is 306 g/mol. The summed E-state index contributed by atoms with van der Waals surface area (Å²) in [7, 11) is 0. The number of thiophene rings is 1. The van der Waals surface area contributed by atoms with Crippen LogP contribution in [0.3, 0.4) is 0 Å². The first kappa shape index (κ1) is 14.6. The lowest BCUT2D eigenvalue weighted by Gasteiger charge is -2.28. The van der Waals surface area contributed by atoms with Gasteiger partial charge in [0.1, 0.15) is 0 Å². The Balaban J connectivity index is 1.38. The summed E-state index contributed by atoms with van der Waals surface area (Å²) in [4.78, 5) is 17.9. The van der Waals surface area contributed by atoms with Crippen LogP contribution in [0.25, 0.3) is 0 Å². The highest BCUT2D eigenvalue weighted by Crippen LogP contribution is 2.49. The summed E-state index contributed by atoms with van der Waals surface area (Å²) < 4.78 is 0. The van der Waals surface area contributed by atoms with Crippen LogP contribution in [-0.4, -0.2) is 24.8 Å². The molecular formula is C16H22N2O2S. The van der Waals surface area contributed by atoms with Gasteiger partial charge >= 0.3 is 0 Å². The lowest BCUT2D eigenvalue weighted by atomic mass is 9.84. The van der Waals surface area contributed by atoms with Crippen molar-refractivity contribution in [3.8, 4) is 0 Å². The first-order valence-electron chi connectivity index (χ1n) is 7.70. The van der Waals surface area contributed by atoms with Crippen LogP contribution < -0.4 is 5.32 Å². The van der Waals surface area contributed by atoms with Crippen LogP contribution in [0, 0.1) is 17.8 Å². The summed E-state index contributed by atoms with van der Waals surface area (Å²) in [6, 6.07) is 4.16.